The molecule has 23 heavy (non-hydrogen) atoms. The Kier molecular flexibility index (Phi) is 5.00. The van der Waals surface area contributed by atoms with Gasteiger partial charge in [0, 0.05) is 18.6 Å². The summed E-state index contributed by atoms with van der Waals surface area (Å²) < 4.78 is 40.0. The van der Waals surface area contributed by atoms with Crippen LogP contribution < -0.4 is 11.1 Å². The zero-order chi connectivity index (χ0) is 17.0. The van der Waals surface area contributed by atoms with Gasteiger partial charge in [0.15, 0.2) is 0 Å². The molecule has 2 amide bonds. The van der Waals surface area contributed by atoms with Crippen LogP contribution in [-0.4, -0.2) is 17.9 Å². The van der Waals surface area contributed by atoms with Crippen molar-refractivity contribution in [2.75, 3.05) is 0 Å². The Hall–Kier alpha value is -2.83. The molecule has 120 valence electrons. The molecule has 0 aromatic heterocycles. The Morgan fingerprint density at radius 1 is 1.04 bits per heavy atom. The highest BCUT2D eigenvalue weighted by Gasteiger charge is 2.24. The number of carbonyl (C=O) groups is 2. The Bertz CT molecular complexity index is 712. The third-order valence-electron chi connectivity index (χ3n) is 3.17. The molecule has 0 unspecified atom stereocenters. The molecule has 0 saturated carbocycles. The highest BCUT2D eigenvalue weighted by atomic mass is 19.1. The summed E-state index contributed by atoms with van der Waals surface area (Å²) in [6.07, 6.45) is 0.0619. The number of carbonyl (C=O) groups excluding carboxylic acids is 2. The standard InChI is InChI=1S/C16H13F3N2O2/c17-10-7-11(18)14(12(19)8-10)16(23)21-13(15(20)22)6-9-4-2-1-3-5-9/h1-5,7-8,13H,6H2,(H2,20,22)(H,21,23)/t13-/m1/s1. The van der Waals surface area contributed by atoms with E-state index in [2.05, 4.69) is 5.32 Å². The van der Waals surface area contributed by atoms with Crippen molar-refractivity contribution in [3.8, 4) is 0 Å². The van der Waals surface area contributed by atoms with Gasteiger partial charge >= 0.3 is 0 Å². The van der Waals surface area contributed by atoms with E-state index in [0.717, 1.165) is 0 Å². The maximum absolute atomic E-state index is 13.6. The van der Waals surface area contributed by atoms with E-state index >= 15 is 0 Å². The molecule has 0 fully saturated rings. The lowest BCUT2D eigenvalue weighted by molar-refractivity contribution is -0.119. The normalized spacial score (nSPS) is 11.8. The van der Waals surface area contributed by atoms with Gasteiger partial charge < -0.3 is 11.1 Å². The van der Waals surface area contributed by atoms with Gasteiger partial charge in [0.25, 0.3) is 5.91 Å². The first-order valence-corrected chi connectivity index (χ1v) is 6.67. The fourth-order valence-corrected chi connectivity index (χ4v) is 2.06. The summed E-state index contributed by atoms with van der Waals surface area (Å²) >= 11 is 0. The van der Waals surface area contributed by atoms with Gasteiger partial charge in [0.1, 0.15) is 29.1 Å². The van der Waals surface area contributed by atoms with E-state index in [-0.39, 0.29) is 6.42 Å². The predicted molar refractivity (Wildman–Crippen MR) is 76.9 cm³/mol. The molecule has 3 N–H and O–H groups in total. The Labute approximate surface area is 130 Å². The van der Waals surface area contributed by atoms with Crippen LogP contribution in [0.1, 0.15) is 15.9 Å². The lowest BCUT2D eigenvalue weighted by Gasteiger charge is -2.16. The van der Waals surface area contributed by atoms with Gasteiger partial charge in [0.2, 0.25) is 5.91 Å². The molecule has 4 nitrogen and oxygen atoms in total. The molecule has 0 aliphatic carbocycles. The molecule has 0 aliphatic rings. The minimum absolute atomic E-state index is 0.0619. The first kappa shape index (κ1) is 16.5. The second-order valence-corrected chi connectivity index (χ2v) is 4.86. The van der Waals surface area contributed by atoms with Gasteiger partial charge in [-0.05, 0) is 5.56 Å². The average Bonchev–Trinajstić information content (AvgIpc) is 2.46. The first-order valence-electron chi connectivity index (χ1n) is 6.67. The van der Waals surface area contributed by atoms with Crippen molar-refractivity contribution in [3.05, 3.63) is 71.0 Å². The van der Waals surface area contributed by atoms with Crippen LogP contribution in [0.2, 0.25) is 0 Å². The summed E-state index contributed by atoms with van der Waals surface area (Å²) in [7, 11) is 0. The minimum Gasteiger partial charge on any atom is -0.368 e. The minimum atomic E-state index is -1.36. The molecule has 2 aromatic carbocycles. The van der Waals surface area contributed by atoms with Crippen LogP contribution in [0.25, 0.3) is 0 Å². The van der Waals surface area contributed by atoms with Crippen LogP contribution in [0.5, 0.6) is 0 Å². The van der Waals surface area contributed by atoms with Gasteiger partial charge in [-0.15, -0.1) is 0 Å². The molecule has 0 radical (unpaired) electrons. The van der Waals surface area contributed by atoms with Crippen LogP contribution in [-0.2, 0) is 11.2 Å². The van der Waals surface area contributed by atoms with E-state index in [1.165, 1.54) is 0 Å². The van der Waals surface area contributed by atoms with Crippen molar-refractivity contribution in [1.82, 2.24) is 5.32 Å². The number of benzene rings is 2. The predicted octanol–water partition coefficient (Wildman–Crippen LogP) is 1.93. The second kappa shape index (κ2) is 6.95. The number of hydrogen-bond donors (Lipinski definition) is 2. The molecule has 2 rings (SSSR count). The second-order valence-electron chi connectivity index (χ2n) is 4.86. The molecule has 0 aliphatic heterocycles. The fraction of sp³-hybridized carbons (Fsp3) is 0.125. The van der Waals surface area contributed by atoms with E-state index in [9.17, 15) is 22.8 Å². The maximum Gasteiger partial charge on any atom is 0.257 e. The van der Waals surface area contributed by atoms with Crippen molar-refractivity contribution < 1.29 is 22.8 Å². The third kappa shape index (κ3) is 4.09. The average molecular weight is 322 g/mol. The molecule has 7 heteroatoms. The number of halogens is 3. The summed E-state index contributed by atoms with van der Waals surface area (Å²) in [6, 6.07) is 8.26. The summed E-state index contributed by atoms with van der Waals surface area (Å²) in [4.78, 5) is 23.4. The Balaban J connectivity index is 2.21. The Morgan fingerprint density at radius 3 is 2.13 bits per heavy atom. The molecule has 0 spiro atoms. The highest BCUT2D eigenvalue weighted by Crippen LogP contribution is 2.15. The van der Waals surface area contributed by atoms with Crippen LogP contribution >= 0.6 is 0 Å². The molecule has 0 bridgehead atoms. The topological polar surface area (TPSA) is 72.2 Å². The summed E-state index contributed by atoms with van der Waals surface area (Å²) in [6.45, 7) is 0. The first-order chi connectivity index (χ1) is 10.9. The SMILES string of the molecule is NC(=O)[C@@H](Cc1ccccc1)NC(=O)c1c(F)cc(F)cc1F. The van der Waals surface area contributed by atoms with E-state index in [1.54, 1.807) is 30.3 Å². The van der Waals surface area contributed by atoms with Crippen LogP contribution in [0.15, 0.2) is 42.5 Å². The van der Waals surface area contributed by atoms with E-state index < -0.39 is 40.9 Å². The summed E-state index contributed by atoms with van der Waals surface area (Å²) in [5.41, 5.74) is 4.95. The van der Waals surface area contributed by atoms with Gasteiger partial charge in [-0.2, -0.15) is 0 Å². The van der Waals surface area contributed by atoms with Crippen LogP contribution in [0, 0.1) is 17.5 Å². The van der Waals surface area contributed by atoms with Crippen molar-refractivity contribution in [1.29, 1.82) is 0 Å². The fourth-order valence-electron chi connectivity index (χ4n) is 2.06. The molecule has 1 atom stereocenters. The molecular weight excluding hydrogens is 309 g/mol. The number of primary amides is 1. The van der Waals surface area contributed by atoms with Crippen molar-refractivity contribution in [3.63, 3.8) is 0 Å². The number of hydrogen-bond acceptors (Lipinski definition) is 2. The summed E-state index contributed by atoms with van der Waals surface area (Å²) in [5, 5.41) is 2.17. The highest BCUT2D eigenvalue weighted by molar-refractivity contribution is 5.97. The van der Waals surface area contributed by atoms with E-state index in [4.69, 9.17) is 5.73 Å². The van der Waals surface area contributed by atoms with Crippen LogP contribution in [0.4, 0.5) is 13.2 Å². The van der Waals surface area contributed by atoms with Crippen molar-refractivity contribution in [2.24, 2.45) is 5.73 Å². The van der Waals surface area contributed by atoms with Crippen molar-refractivity contribution in [2.45, 2.75) is 12.5 Å². The molecule has 0 saturated heterocycles. The molecular formula is C16H13F3N2O2. The van der Waals surface area contributed by atoms with E-state index in [1.807, 2.05) is 0 Å². The molecule has 2 aromatic rings. The zero-order valence-electron chi connectivity index (χ0n) is 11.9. The number of nitrogens with two attached hydrogens (primary N) is 1. The summed E-state index contributed by atoms with van der Waals surface area (Å²) in [5.74, 6) is -5.90. The number of rotatable bonds is 5. The Morgan fingerprint density at radius 2 is 1.61 bits per heavy atom. The number of amides is 2. The maximum atomic E-state index is 13.6. The van der Waals surface area contributed by atoms with Crippen LogP contribution in [0.3, 0.4) is 0 Å². The van der Waals surface area contributed by atoms with Gasteiger partial charge in [-0.1, -0.05) is 30.3 Å². The quantitative estimate of drug-likeness (QED) is 0.883. The smallest absolute Gasteiger partial charge is 0.257 e. The van der Waals surface area contributed by atoms with Gasteiger partial charge in [-0.3, -0.25) is 9.59 Å². The molecule has 0 heterocycles. The van der Waals surface area contributed by atoms with Gasteiger partial charge in [-0.25, -0.2) is 13.2 Å². The lowest BCUT2D eigenvalue weighted by Crippen LogP contribution is -2.46. The zero-order valence-corrected chi connectivity index (χ0v) is 11.9. The van der Waals surface area contributed by atoms with Crippen molar-refractivity contribution >= 4 is 11.8 Å². The van der Waals surface area contributed by atoms with E-state index in [0.29, 0.717) is 17.7 Å². The van der Waals surface area contributed by atoms with Gasteiger partial charge in [0.05, 0.1) is 0 Å². The monoisotopic (exact) mass is 322 g/mol. The lowest BCUT2D eigenvalue weighted by atomic mass is 10.0. The third-order valence-corrected chi connectivity index (χ3v) is 3.17. The largest absolute Gasteiger partial charge is 0.368 e. The number of nitrogens with one attached hydrogen (secondary N) is 1.